The highest BCUT2D eigenvalue weighted by atomic mass is 32.1. The number of hydrogen-bond donors (Lipinski definition) is 3. The van der Waals surface area contributed by atoms with Gasteiger partial charge in [0, 0.05) is 23.4 Å². The highest BCUT2D eigenvalue weighted by Gasteiger charge is 2.26. The minimum Gasteiger partial charge on any atom is -0.350 e. The SMILES string of the molecule is CC(=O)N[C@@H](C)c1ccc(-c2csc(NC(=O)[C@@H](NC(=O)c3ccccc3C)C(C)C)n2)cc1. The molecule has 1 heterocycles. The largest absolute Gasteiger partial charge is 0.350 e. The first kappa shape index (κ1) is 25.1. The lowest BCUT2D eigenvalue weighted by atomic mass is 10.0. The number of benzene rings is 2. The number of amides is 3. The van der Waals surface area contributed by atoms with Gasteiger partial charge in [0.05, 0.1) is 11.7 Å². The minimum atomic E-state index is -0.700. The average Bonchev–Trinajstić information content (AvgIpc) is 3.25. The molecule has 0 aliphatic carbocycles. The lowest BCUT2D eigenvalue weighted by molar-refractivity contribution is -0.120. The highest BCUT2D eigenvalue weighted by Crippen LogP contribution is 2.26. The standard InChI is InChI=1S/C26H30N4O3S/c1-15(2)23(29-24(32)21-9-7-6-8-16(21)3)25(33)30-26-28-22(14-34-26)20-12-10-19(11-13-20)17(4)27-18(5)31/h6-15,17,23H,1-5H3,(H,27,31)(H,29,32)(H,28,30,33)/t17-,23-/m0/s1. The maximum atomic E-state index is 13.0. The number of carbonyl (C=O) groups is 3. The molecule has 2 aromatic carbocycles. The minimum absolute atomic E-state index is 0.0775. The van der Waals surface area contributed by atoms with Gasteiger partial charge in [-0.3, -0.25) is 14.4 Å². The molecule has 0 radical (unpaired) electrons. The second-order valence-electron chi connectivity index (χ2n) is 8.58. The average molecular weight is 479 g/mol. The van der Waals surface area contributed by atoms with Crippen LogP contribution in [0.4, 0.5) is 5.13 Å². The molecule has 0 bridgehead atoms. The van der Waals surface area contributed by atoms with E-state index in [4.69, 9.17) is 0 Å². The Labute approximate surface area is 204 Å². The van der Waals surface area contributed by atoms with Gasteiger partial charge in [0.15, 0.2) is 5.13 Å². The van der Waals surface area contributed by atoms with Gasteiger partial charge in [0.1, 0.15) is 6.04 Å². The zero-order valence-corrected chi connectivity index (χ0v) is 20.8. The van der Waals surface area contributed by atoms with Crippen LogP contribution in [0.1, 0.15) is 55.2 Å². The third-order valence-electron chi connectivity index (χ3n) is 5.49. The van der Waals surface area contributed by atoms with E-state index in [9.17, 15) is 14.4 Å². The van der Waals surface area contributed by atoms with Crippen molar-refractivity contribution in [2.75, 3.05) is 5.32 Å². The maximum absolute atomic E-state index is 13.0. The molecule has 3 amide bonds. The van der Waals surface area contributed by atoms with E-state index in [2.05, 4.69) is 20.9 Å². The van der Waals surface area contributed by atoms with Gasteiger partial charge in [-0.2, -0.15) is 0 Å². The van der Waals surface area contributed by atoms with Gasteiger partial charge in [-0.1, -0.05) is 56.3 Å². The lowest BCUT2D eigenvalue weighted by Crippen LogP contribution is -2.47. The predicted octanol–water partition coefficient (Wildman–Crippen LogP) is 4.71. The smallest absolute Gasteiger partial charge is 0.252 e. The molecular formula is C26H30N4O3S. The summed E-state index contributed by atoms with van der Waals surface area (Å²) < 4.78 is 0. The van der Waals surface area contributed by atoms with Crippen LogP contribution in [0.2, 0.25) is 0 Å². The van der Waals surface area contributed by atoms with Crippen LogP contribution in [0.5, 0.6) is 0 Å². The molecular weight excluding hydrogens is 448 g/mol. The van der Waals surface area contributed by atoms with Gasteiger partial charge in [0.2, 0.25) is 11.8 Å². The monoisotopic (exact) mass is 478 g/mol. The van der Waals surface area contributed by atoms with E-state index in [1.54, 1.807) is 12.1 Å². The third kappa shape index (κ3) is 6.29. The molecule has 178 valence electrons. The molecule has 0 spiro atoms. The predicted molar refractivity (Wildman–Crippen MR) is 136 cm³/mol. The van der Waals surface area contributed by atoms with Crippen LogP contribution in [0.25, 0.3) is 11.3 Å². The number of hydrogen-bond acceptors (Lipinski definition) is 5. The highest BCUT2D eigenvalue weighted by molar-refractivity contribution is 7.14. The van der Waals surface area contributed by atoms with Crippen molar-refractivity contribution in [1.82, 2.24) is 15.6 Å². The normalized spacial score (nSPS) is 12.6. The van der Waals surface area contributed by atoms with Crippen molar-refractivity contribution in [3.63, 3.8) is 0 Å². The van der Waals surface area contributed by atoms with E-state index in [1.807, 2.05) is 69.5 Å². The first-order chi connectivity index (χ1) is 16.2. The van der Waals surface area contributed by atoms with Crippen molar-refractivity contribution >= 4 is 34.2 Å². The number of aromatic nitrogens is 1. The zero-order valence-electron chi connectivity index (χ0n) is 20.0. The van der Waals surface area contributed by atoms with Gasteiger partial charge in [-0.05, 0) is 37.0 Å². The Morgan fingerprint density at radius 1 is 0.941 bits per heavy atom. The number of nitrogens with zero attached hydrogens (tertiary/aromatic N) is 1. The first-order valence-corrected chi connectivity index (χ1v) is 12.0. The van der Waals surface area contributed by atoms with Crippen molar-refractivity contribution in [3.05, 3.63) is 70.6 Å². The second kappa shape index (κ2) is 11.1. The van der Waals surface area contributed by atoms with E-state index in [1.165, 1.54) is 18.3 Å². The van der Waals surface area contributed by atoms with Crippen LogP contribution in [0.15, 0.2) is 53.9 Å². The molecule has 0 saturated heterocycles. The Bertz CT molecular complexity index is 1170. The van der Waals surface area contributed by atoms with Crippen LogP contribution in [0, 0.1) is 12.8 Å². The van der Waals surface area contributed by atoms with Crippen LogP contribution in [-0.2, 0) is 9.59 Å². The fourth-order valence-corrected chi connectivity index (χ4v) is 4.28. The summed E-state index contributed by atoms with van der Waals surface area (Å²) in [6.07, 6.45) is 0. The van der Waals surface area contributed by atoms with Gasteiger partial charge in [-0.15, -0.1) is 11.3 Å². The lowest BCUT2D eigenvalue weighted by Gasteiger charge is -2.21. The molecule has 3 rings (SSSR count). The van der Waals surface area contributed by atoms with Crippen molar-refractivity contribution in [2.24, 2.45) is 5.92 Å². The number of anilines is 1. The van der Waals surface area contributed by atoms with Crippen molar-refractivity contribution < 1.29 is 14.4 Å². The van der Waals surface area contributed by atoms with E-state index in [-0.39, 0.29) is 29.7 Å². The number of carbonyl (C=O) groups excluding carboxylic acids is 3. The second-order valence-corrected chi connectivity index (χ2v) is 9.44. The Kier molecular flexibility index (Phi) is 8.17. The molecule has 3 aromatic rings. The van der Waals surface area contributed by atoms with Crippen molar-refractivity contribution in [3.8, 4) is 11.3 Å². The van der Waals surface area contributed by atoms with Crippen LogP contribution in [-0.4, -0.2) is 28.7 Å². The molecule has 0 fully saturated rings. The quantitative estimate of drug-likeness (QED) is 0.437. The fraction of sp³-hybridized carbons (Fsp3) is 0.308. The molecule has 0 saturated carbocycles. The molecule has 0 aliphatic rings. The zero-order chi connectivity index (χ0) is 24.8. The van der Waals surface area contributed by atoms with Gasteiger partial charge in [-0.25, -0.2) is 4.98 Å². The fourth-order valence-electron chi connectivity index (χ4n) is 3.56. The van der Waals surface area contributed by atoms with Crippen LogP contribution >= 0.6 is 11.3 Å². The summed E-state index contributed by atoms with van der Waals surface area (Å²) in [5.41, 5.74) is 4.04. The van der Waals surface area contributed by atoms with Crippen molar-refractivity contribution in [2.45, 2.75) is 46.7 Å². The molecule has 1 aromatic heterocycles. The number of thiazole rings is 1. The number of aryl methyl sites for hydroxylation is 1. The van der Waals surface area contributed by atoms with Crippen molar-refractivity contribution in [1.29, 1.82) is 0 Å². The van der Waals surface area contributed by atoms with E-state index < -0.39 is 6.04 Å². The summed E-state index contributed by atoms with van der Waals surface area (Å²) in [5.74, 6) is -0.769. The summed E-state index contributed by atoms with van der Waals surface area (Å²) in [6, 6.07) is 14.3. The number of rotatable bonds is 8. The summed E-state index contributed by atoms with van der Waals surface area (Å²) in [6.45, 7) is 9.06. The molecule has 8 heteroatoms. The molecule has 34 heavy (non-hydrogen) atoms. The summed E-state index contributed by atoms with van der Waals surface area (Å²) in [7, 11) is 0. The Morgan fingerprint density at radius 2 is 1.62 bits per heavy atom. The molecule has 0 unspecified atom stereocenters. The van der Waals surface area contributed by atoms with E-state index in [0.717, 1.165) is 22.4 Å². The van der Waals surface area contributed by atoms with Crippen LogP contribution < -0.4 is 16.0 Å². The van der Waals surface area contributed by atoms with E-state index >= 15 is 0 Å². The first-order valence-electron chi connectivity index (χ1n) is 11.2. The topological polar surface area (TPSA) is 100 Å². The van der Waals surface area contributed by atoms with E-state index in [0.29, 0.717) is 10.7 Å². The van der Waals surface area contributed by atoms with Gasteiger partial charge < -0.3 is 16.0 Å². The summed E-state index contributed by atoms with van der Waals surface area (Å²) in [4.78, 5) is 41.5. The number of nitrogens with one attached hydrogen (secondary N) is 3. The van der Waals surface area contributed by atoms with Gasteiger partial charge >= 0.3 is 0 Å². The maximum Gasteiger partial charge on any atom is 0.252 e. The van der Waals surface area contributed by atoms with Gasteiger partial charge in [0.25, 0.3) is 5.91 Å². The molecule has 3 N–H and O–H groups in total. The Morgan fingerprint density at radius 3 is 2.24 bits per heavy atom. The Balaban J connectivity index is 1.68. The van der Waals surface area contributed by atoms with Crippen LogP contribution in [0.3, 0.4) is 0 Å². The molecule has 2 atom stereocenters. The Hall–Kier alpha value is -3.52. The molecule has 0 aliphatic heterocycles. The summed E-state index contributed by atoms with van der Waals surface area (Å²) in [5, 5.41) is 10.9. The third-order valence-corrected chi connectivity index (χ3v) is 6.24. The summed E-state index contributed by atoms with van der Waals surface area (Å²) >= 11 is 1.33. The molecule has 7 nitrogen and oxygen atoms in total.